The summed E-state index contributed by atoms with van der Waals surface area (Å²) in [6.07, 6.45) is -3.56. The van der Waals surface area contributed by atoms with E-state index in [1.165, 1.54) is 12.1 Å². The van der Waals surface area contributed by atoms with Crippen molar-refractivity contribution in [2.75, 3.05) is 0 Å². The standard InChI is InChI=1S/C9H7ClF2O2/c1-5(10)6-2-3-7-8(4-6)14-9(11,12)13-7/h2-5H,1H3. The fraction of sp³-hybridized carbons (Fsp3) is 0.333. The highest BCUT2D eigenvalue weighted by Gasteiger charge is 2.43. The Morgan fingerprint density at radius 2 is 1.93 bits per heavy atom. The molecular formula is C9H7ClF2O2. The average Bonchev–Trinajstić information content (AvgIpc) is 2.36. The van der Waals surface area contributed by atoms with E-state index in [2.05, 4.69) is 9.47 Å². The van der Waals surface area contributed by atoms with Gasteiger partial charge in [-0.15, -0.1) is 20.4 Å². The van der Waals surface area contributed by atoms with E-state index in [-0.39, 0.29) is 16.9 Å². The van der Waals surface area contributed by atoms with Gasteiger partial charge in [-0.05, 0) is 24.6 Å². The van der Waals surface area contributed by atoms with Crippen LogP contribution in [0.25, 0.3) is 0 Å². The first kappa shape index (κ1) is 9.52. The van der Waals surface area contributed by atoms with Crippen LogP contribution in [0.4, 0.5) is 8.78 Å². The van der Waals surface area contributed by atoms with Crippen LogP contribution in [0.5, 0.6) is 11.5 Å². The van der Waals surface area contributed by atoms with Crippen LogP contribution in [0.15, 0.2) is 18.2 Å². The SMILES string of the molecule is CC(Cl)c1ccc2c(c1)OC(F)(F)O2. The molecule has 14 heavy (non-hydrogen) atoms. The van der Waals surface area contributed by atoms with Crippen molar-refractivity contribution in [3.63, 3.8) is 0 Å². The van der Waals surface area contributed by atoms with E-state index in [0.717, 1.165) is 0 Å². The predicted molar refractivity (Wildman–Crippen MR) is 46.9 cm³/mol. The van der Waals surface area contributed by atoms with E-state index >= 15 is 0 Å². The molecule has 2 nitrogen and oxygen atoms in total. The molecule has 0 saturated heterocycles. The molecule has 0 aromatic heterocycles. The highest BCUT2D eigenvalue weighted by molar-refractivity contribution is 6.20. The minimum Gasteiger partial charge on any atom is -0.395 e. The summed E-state index contributed by atoms with van der Waals surface area (Å²) >= 11 is 5.79. The lowest BCUT2D eigenvalue weighted by Gasteiger charge is -2.04. The lowest BCUT2D eigenvalue weighted by molar-refractivity contribution is -0.286. The van der Waals surface area contributed by atoms with E-state index in [0.29, 0.717) is 5.56 Å². The van der Waals surface area contributed by atoms with E-state index in [4.69, 9.17) is 11.6 Å². The van der Waals surface area contributed by atoms with E-state index in [1.807, 2.05) is 0 Å². The van der Waals surface area contributed by atoms with Crippen molar-refractivity contribution in [1.82, 2.24) is 0 Å². The van der Waals surface area contributed by atoms with Gasteiger partial charge in [0, 0.05) is 0 Å². The topological polar surface area (TPSA) is 18.5 Å². The van der Waals surface area contributed by atoms with Gasteiger partial charge in [-0.25, -0.2) is 0 Å². The Hall–Kier alpha value is -1.03. The molecule has 0 radical (unpaired) electrons. The smallest absolute Gasteiger partial charge is 0.395 e. The Balaban J connectivity index is 2.36. The molecule has 1 aliphatic heterocycles. The zero-order valence-corrected chi connectivity index (χ0v) is 8.02. The molecule has 1 aliphatic rings. The predicted octanol–water partition coefficient (Wildman–Crippen LogP) is 3.31. The lowest BCUT2D eigenvalue weighted by Crippen LogP contribution is -2.25. The molecule has 0 bridgehead atoms. The van der Waals surface area contributed by atoms with E-state index in [1.54, 1.807) is 13.0 Å². The van der Waals surface area contributed by atoms with Crippen LogP contribution in [-0.4, -0.2) is 6.29 Å². The number of rotatable bonds is 1. The zero-order chi connectivity index (χ0) is 10.3. The molecule has 0 amide bonds. The van der Waals surface area contributed by atoms with Gasteiger partial charge in [-0.2, -0.15) is 0 Å². The molecule has 1 heterocycles. The maximum Gasteiger partial charge on any atom is 0.586 e. The zero-order valence-electron chi connectivity index (χ0n) is 7.26. The second kappa shape index (κ2) is 2.98. The minimum absolute atomic E-state index is 0.0278. The average molecular weight is 221 g/mol. The number of benzene rings is 1. The monoisotopic (exact) mass is 220 g/mol. The number of hydrogen-bond acceptors (Lipinski definition) is 2. The molecular weight excluding hydrogens is 214 g/mol. The summed E-state index contributed by atoms with van der Waals surface area (Å²) in [5.74, 6) is 0.0658. The van der Waals surface area contributed by atoms with Crippen molar-refractivity contribution in [2.45, 2.75) is 18.6 Å². The number of alkyl halides is 3. The van der Waals surface area contributed by atoms with Crippen LogP contribution in [0.3, 0.4) is 0 Å². The Morgan fingerprint density at radius 1 is 1.29 bits per heavy atom. The van der Waals surface area contributed by atoms with E-state index in [9.17, 15) is 8.78 Å². The summed E-state index contributed by atoms with van der Waals surface area (Å²) in [7, 11) is 0. The normalized spacial score (nSPS) is 19.4. The van der Waals surface area contributed by atoms with Crippen molar-refractivity contribution in [1.29, 1.82) is 0 Å². The molecule has 1 aromatic carbocycles. The quantitative estimate of drug-likeness (QED) is 0.676. The van der Waals surface area contributed by atoms with Crippen LogP contribution in [-0.2, 0) is 0 Å². The Morgan fingerprint density at radius 3 is 2.57 bits per heavy atom. The van der Waals surface area contributed by atoms with E-state index < -0.39 is 6.29 Å². The molecule has 76 valence electrons. The maximum atomic E-state index is 12.6. The van der Waals surface area contributed by atoms with Gasteiger partial charge in [0.15, 0.2) is 11.5 Å². The van der Waals surface area contributed by atoms with Crippen molar-refractivity contribution in [2.24, 2.45) is 0 Å². The minimum atomic E-state index is -3.56. The second-order valence-electron chi connectivity index (χ2n) is 2.99. The third-order valence-electron chi connectivity index (χ3n) is 1.88. The number of ether oxygens (including phenoxy) is 2. The van der Waals surface area contributed by atoms with Crippen molar-refractivity contribution in [3.8, 4) is 11.5 Å². The first-order valence-corrected chi connectivity index (χ1v) is 4.45. The summed E-state index contributed by atoms with van der Waals surface area (Å²) in [6, 6.07) is 4.50. The van der Waals surface area contributed by atoms with Crippen LogP contribution in [0.2, 0.25) is 0 Å². The van der Waals surface area contributed by atoms with Gasteiger partial charge in [0.25, 0.3) is 0 Å². The lowest BCUT2D eigenvalue weighted by atomic mass is 10.1. The number of hydrogen-bond donors (Lipinski definition) is 0. The van der Waals surface area contributed by atoms with Crippen molar-refractivity contribution < 1.29 is 18.3 Å². The van der Waals surface area contributed by atoms with Gasteiger partial charge in [0.1, 0.15) is 0 Å². The fourth-order valence-electron chi connectivity index (χ4n) is 1.21. The summed E-state index contributed by atoms with van der Waals surface area (Å²) in [5, 5.41) is -0.252. The van der Waals surface area contributed by atoms with Gasteiger partial charge < -0.3 is 9.47 Å². The molecule has 0 spiro atoms. The molecule has 0 aliphatic carbocycles. The van der Waals surface area contributed by atoms with Gasteiger partial charge in [0.05, 0.1) is 5.38 Å². The third-order valence-corrected chi connectivity index (χ3v) is 2.14. The van der Waals surface area contributed by atoms with Crippen molar-refractivity contribution in [3.05, 3.63) is 23.8 Å². The van der Waals surface area contributed by atoms with Gasteiger partial charge in [0.2, 0.25) is 0 Å². The summed E-state index contributed by atoms with van der Waals surface area (Å²) in [5.41, 5.74) is 0.715. The van der Waals surface area contributed by atoms with Crippen molar-refractivity contribution >= 4 is 11.6 Å². The Bertz CT molecular complexity index is 366. The van der Waals surface area contributed by atoms with Crippen LogP contribution < -0.4 is 9.47 Å². The highest BCUT2D eigenvalue weighted by atomic mass is 35.5. The highest BCUT2D eigenvalue weighted by Crippen LogP contribution is 2.42. The summed E-state index contributed by atoms with van der Waals surface area (Å²) < 4.78 is 33.7. The van der Waals surface area contributed by atoms with Crippen LogP contribution in [0, 0.1) is 0 Å². The van der Waals surface area contributed by atoms with Crippen LogP contribution in [0.1, 0.15) is 17.9 Å². The number of halogens is 3. The molecule has 0 N–H and O–H groups in total. The first-order chi connectivity index (χ1) is 6.48. The molecule has 0 saturated carbocycles. The largest absolute Gasteiger partial charge is 0.586 e. The molecule has 5 heteroatoms. The van der Waals surface area contributed by atoms with Gasteiger partial charge in [-0.3, -0.25) is 0 Å². The molecule has 1 atom stereocenters. The molecule has 2 rings (SSSR count). The Labute approximate surface area is 84.4 Å². The van der Waals surface area contributed by atoms with Gasteiger partial charge >= 0.3 is 6.29 Å². The number of fused-ring (bicyclic) bond motifs is 1. The summed E-state index contributed by atoms with van der Waals surface area (Å²) in [4.78, 5) is 0. The van der Waals surface area contributed by atoms with Gasteiger partial charge in [-0.1, -0.05) is 6.07 Å². The Kier molecular flexibility index (Phi) is 2.03. The summed E-state index contributed by atoms with van der Waals surface area (Å²) in [6.45, 7) is 1.75. The second-order valence-corrected chi connectivity index (χ2v) is 3.64. The molecule has 1 aromatic rings. The first-order valence-electron chi connectivity index (χ1n) is 4.02. The molecule has 0 fully saturated rings. The third kappa shape index (κ3) is 1.62. The molecule has 1 unspecified atom stereocenters. The van der Waals surface area contributed by atoms with Crippen LogP contribution >= 0.6 is 11.6 Å². The fourth-order valence-corrected chi connectivity index (χ4v) is 1.35. The maximum absolute atomic E-state index is 12.6.